The molecule has 2 amide bonds. The predicted molar refractivity (Wildman–Crippen MR) is 135 cm³/mol. The summed E-state index contributed by atoms with van der Waals surface area (Å²) in [4.78, 5) is 21.5. The van der Waals surface area contributed by atoms with E-state index in [9.17, 15) is 22.6 Å². The number of anilines is 2. The maximum Gasteiger partial charge on any atom is 0.289 e. The molecule has 8 N–H and O–H groups in total. The monoisotopic (exact) mass is 544 g/mol. The van der Waals surface area contributed by atoms with Crippen molar-refractivity contribution in [3.05, 3.63) is 77.1 Å². The highest BCUT2D eigenvalue weighted by molar-refractivity contribution is 7.85. The van der Waals surface area contributed by atoms with Crippen LogP contribution < -0.4 is 27.6 Å². The van der Waals surface area contributed by atoms with Crippen LogP contribution in [-0.2, 0) is 30.8 Å². The Kier molecular flexibility index (Phi) is 9.61. The number of hydrogen-bond donors (Lipinski definition) is 4. The van der Waals surface area contributed by atoms with Gasteiger partial charge in [0.15, 0.2) is 11.5 Å². The van der Waals surface area contributed by atoms with E-state index in [1.165, 1.54) is 21.5 Å². The van der Waals surface area contributed by atoms with Crippen LogP contribution in [0.15, 0.2) is 59.5 Å². The maximum absolute atomic E-state index is 11.2. The number of carbonyl (C=O) groups is 2. The maximum atomic E-state index is 11.2. The molecule has 0 radical (unpaired) electrons. The number of aryl methyl sites for hydroxylation is 3. The van der Waals surface area contributed by atoms with Gasteiger partial charge in [-0.25, -0.2) is 13.1 Å². The van der Waals surface area contributed by atoms with Gasteiger partial charge in [0.05, 0.1) is 11.9 Å². The van der Waals surface area contributed by atoms with Crippen LogP contribution in [0, 0.1) is 6.92 Å². The Morgan fingerprint density at radius 2 is 1.47 bits per heavy atom. The molecular weight excluding hydrogens is 516 g/mol. The fourth-order valence-corrected chi connectivity index (χ4v) is 3.53. The van der Waals surface area contributed by atoms with Crippen molar-refractivity contribution in [1.82, 2.24) is 24.9 Å². The van der Waals surface area contributed by atoms with Crippen molar-refractivity contribution in [2.75, 3.05) is 11.5 Å². The molecule has 16 heteroatoms. The number of aromatic nitrogens is 6. The van der Waals surface area contributed by atoms with Crippen molar-refractivity contribution in [3.8, 4) is 0 Å². The van der Waals surface area contributed by atoms with Crippen LogP contribution in [-0.4, -0.2) is 49.7 Å². The van der Waals surface area contributed by atoms with Gasteiger partial charge in [-0.05, 0) is 24.6 Å². The summed E-state index contributed by atoms with van der Waals surface area (Å²) in [6.45, 7) is 2.33. The first-order valence-electron chi connectivity index (χ1n) is 10.8. The number of nitrogens with zero attached hydrogens (tertiary/aromatic N) is 6. The first-order chi connectivity index (χ1) is 17.7. The molecule has 0 atom stereocenters. The van der Waals surface area contributed by atoms with Gasteiger partial charge in [0, 0.05) is 12.3 Å². The highest BCUT2D eigenvalue weighted by Crippen LogP contribution is 2.08. The first-order valence-corrected chi connectivity index (χ1v) is 12.2. The lowest BCUT2D eigenvalue weighted by Gasteiger charge is -2.05. The van der Waals surface area contributed by atoms with Crippen LogP contribution >= 0.6 is 0 Å². The lowest BCUT2D eigenvalue weighted by molar-refractivity contribution is -0.734. The standard InChI is InChI=1S/C11H13N5O.C7H8O3S.C4H7N5O/c1-15-9(11(13)17)10(12)16(14-15)7-8-5-3-2-4-6-8;1-6-2-4-7(5-3-6)11(8,9)10;1-9-2(4(6)10)3(5)7-8-9/h2-6H,7H2,1H3,(H3-,12,13,14,17);2-5H,1H3,(H,8,9,10);5H2,1H3,(H2,6,10). The Morgan fingerprint density at radius 3 is 1.87 bits per heavy atom. The van der Waals surface area contributed by atoms with Crippen LogP contribution in [0.1, 0.15) is 32.1 Å². The summed E-state index contributed by atoms with van der Waals surface area (Å²) in [6, 6.07) is 15.5. The number of carbonyl (C=O) groups excluding carboxylic acids is 2. The Balaban J connectivity index is 0.000000211. The van der Waals surface area contributed by atoms with Crippen molar-refractivity contribution in [2.24, 2.45) is 25.6 Å². The molecular formula is C22H28N10O5S. The molecule has 2 heterocycles. The topological polar surface area (TPSA) is 248 Å². The number of primary amides is 2. The number of nitrogen functional groups attached to an aromatic ring is 2. The van der Waals surface area contributed by atoms with Crippen molar-refractivity contribution >= 4 is 33.6 Å². The van der Waals surface area contributed by atoms with Gasteiger partial charge in [-0.15, -0.1) is 9.78 Å². The van der Waals surface area contributed by atoms with Gasteiger partial charge >= 0.3 is 0 Å². The molecule has 0 fully saturated rings. The van der Waals surface area contributed by atoms with Crippen LogP contribution in [0.4, 0.5) is 11.6 Å². The number of benzene rings is 2. The van der Waals surface area contributed by atoms with Crippen molar-refractivity contribution in [2.45, 2.75) is 18.4 Å². The van der Waals surface area contributed by atoms with E-state index < -0.39 is 21.9 Å². The molecule has 202 valence electrons. The third-order valence-corrected chi connectivity index (χ3v) is 5.74. The molecule has 4 rings (SSSR count). The molecule has 0 unspecified atom stereocenters. The number of rotatable bonds is 5. The Labute approximate surface area is 218 Å². The Morgan fingerprint density at radius 1 is 0.921 bits per heavy atom. The lowest BCUT2D eigenvalue weighted by Crippen LogP contribution is -2.39. The van der Waals surface area contributed by atoms with Gasteiger partial charge in [-0.1, -0.05) is 53.2 Å². The van der Waals surface area contributed by atoms with Gasteiger partial charge in [-0.3, -0.25) is 9.59 Å². The molecule has 0 aliphatic heterocycles. The Bertz CT molecular complexity index is 1490. The highest BCUT2D eigenvalue weighted by atomic mass is 32.2. The molecule has 0 saturated heterocycles. The number of nitrogens with two attached hydrogens (primary N) is 4. The third kappa shape index (κ3) is 7.84. The minimum atomic E-state index is -4.27. The zero-order chi connectivity index (χ0) is 28.6. The molecule has 2 aromatic carbocycles. The van der Waals surface area contributed by atoms with E-state index in [0.717, 1.165) is 11.1 Å². The SMILES string of the molecule is Cc1ccc(S(=O)(=O)[O-])cc1.Cn1n[n+](Cc2ccccc2)c(N)c1C(N)=O.Cn1nnc(N)c1C(N)=O. The van der Waals surface area contributed by atoms with E-state index in [-0.39, 0.29) is 27.9 Å². The molecule has 0 aliphatic carbocycles. The van der Waals surface area contributed by atoms with Gasteiger partial charge in [0.1, 0.15) is 16.7 Å². The summed E-state index contributed by atoms with van der Waals surface area (Å²) in [5.74, 6) is -0.854. The van der Waals surface area contributed by atoms with Crippen molar-refractivity contribution in [3.63, 3.8) is 0 Å². The van der Waals surface area contributed by atoms with Gasteiger partial charge < -0.3 is 27.5 Å². The normalized spacial score (nSPS) is 10.5. The van der Waals surface area contributed by atoms with E-state index in [4.69, 9.17) is 22.9 Å². The zero-order valence-electron chi connectivity index (χ0n) is 20.8. The second-order valence-corrected chi connectivity index (χ2v) is 9.21. The molecule has 0 saturated carbocycles. The summed E-state index contributed by atoms with van der Waals surface area (Å²) in [6.07, 6.45) is 0. The van der Waals surface area contributed by atoms with E-state index >= 15 is 0 Å². The van der Waals surface area contributed by atoms with E-state index in [0.29, 0.717) is 6.54 Å². The minimum absolute atomic E-state index is 0.0648. The van der Waals surface area contributed by atoms with Crippen LogP contribution in [0.5, 0.6) is 0 Å². The summed E-state index contributed by atoms with van der Waals surface area (Å²) >= 11 is 0. The molecule has 2 aromatic heterocycles. The molecule has 15 nitrogen and oxygen atoms in total. The van der Waals surface area contributed by atoms with Gasteiger partial charge in [0.2, 0.25) is 0 Å². The fourth-order valence-electron chi connectivity index (χ4n) is 3.07. The van der Waals surface area contributed by atoms with Crippen molar-refractivity contribution < 1.29 is 27.2 Å². The zero-order valence-corrected chi connectivity index (χ0v) is 21.7. The smallest absolute Gasteiger partial charge is 0.289 e. The van der Waals surface area contributed by atoms with E-state index in [1.807, 2.05) is 37.3 Å². The van der Waals surface area contributed by atoms with Gasteiger partial charge in [-0.2, -0.15) is 4.68 Å². The quantitative estimate of drug-likeness (QED) is 0.173. The summed E-state index contributed by atoms with van der Waals surface area (Å²) in [5, 5.41) is 11.0. The number of amides is 2. The average molecular weight is 545 g/mol. The summed E-state index contributed by atoms with van der Waals surface area (Å²) in [7, 11) is -1.09. The second-order valence-electron chi connectivity index (χ2n) is 7.83. The lowest BCUT2D eigenvalue weighted by atomic mass is 10.2. The summed E-state index contributed by atoms with van der Waals surface area (Å²) in [5.41, 5.74) is 23.6. The minimum Gasteiger partial charge on any atom is -0.744 e. The first kappa shape index (κ1) is 29.4. The molecule has 0 aliphatic rings. The van der Waals surface area contributed by atoms with Gasteiger partial charge in [0.25, 0.3) is 23.3 Å². The largest absolute Gasteiger partial charge is 0.744 e. The van der Waals surface area contributed by atoms with Crippen molar-refractivity contribution in [1.29, 1.82) is 0 Å². The summed E-state index contributed by atoms with van der Waals surface area (Å²) < 4.78 is 35.3. The molecule has 38 heavy (non-hydrogen) atoms. The second kappa shape index (κ2) is 12.4. The molecule has 0 bridgehead atoms. The van der Waals surface area contributed by atoms with E-state index in [2.05, 4.69) is 15.5 Å². The fraction of sp³-hybridized carbons (Fsp3) is 0.182. The number of hydrogen-bond acceptors (Lipinski definition) is 10. The Hall–Kier alpha value is -4.83. The van der Waals surface area contributed by atoms with E-state index in [1.54, 1.807) is 30.9 Å². The van der Waals surface area contributed by atoms with Crippen LogP contribution in [0.25, 0.3) is 0 Å². The van der Waals surface area contributed by atoms with Crippen LogP contribution in [0.2, 0.25) is 0 Å². The molecule has 0 spiro atoms. The third-order valence-electron chi connectivity index (χ3n) is 4.89. The molecule has 4 aromatic rings. The van der Waals surface area contributed by atoms with Crippen LogP contribution in [0.3, 0.4) is 0 Å². The average Bonchev–Trinajstić information content (AvgIpc) is 3.31. The predicted octanol–water partition coefficient (Wildman–Crippen LogP) is -1.17. The highest BCUT2D eigenvalue weighted by Gasteiger charge is 2.24.